The number of hydrogen-bond acceptors (Lipinski definition) is 5. The third kappa shape index (κ3) is 4.72. The molecule has 0 atom stereocenters. The fourth-order valence-electron chi connectivity index (χ4n) is 1.20. The highest BCUT2D eigenvalue weighted by Crippen LogP contribution is 2.13. The number of aromatic nitrogens is 1. The van der Waals surface area contributed by atoms with E-state index in [2.05, 4.69) is 10.3 Å². The number of carbonyl (C=O) groups excluding carboxylic acids is 1. The molecule has 0 saturated carbocycles. The third-order valence-electron chi connectivity index (χ3n) is 1.86. The number of pyridine rings is 1. The van der Waals surface area contributed by atoms with Crippen LogP contribution in [-0.2, 0) is 16.1 Å². The zero-order valence-electron chi connectivity index (χ0n) is 10.6. The number of nitrogens with zero attached hydrogens (tertiary/aromatic N) is 1. The maximum absolute atomic E-state index is 11.3. The van der Waals surface area contributed by atoms with Crippen LogP contribution >= 0.6 is 0 Å². The van der Waals surface area contributed by atoms with Crippen molar-refractivity contribution in [2.75, 3.05) is 12.4 Å². The van der Waals surface area contributed by atoms with Crippen molar-refractivity contribution < 1.29 is 14.3 Å². The molecule has 0 amide bonds. The smallest absolute Gasteiger partial charge is 0.429 e. The summed E-state index contributed by atoms with van der Waals surface area (Å²) in [7, 11) is 1.76. The molecule has 1 aromatic rings. The van der Waals surface area contributed by atoms with E-state index < -0.39 is 11.8 Å². The molecule has 5 heteroatoms. The Morgan fingerprint density at radius 1 is 1.47 bits per heavy atom. The van der Waals surface area contributed by atoms with Gasteiger partial charge in [-0.15, -0.1) is 0 Å². The molecule has 0 saturated heterocycles. The standard InChI is InChI=1S/C12H18N2O3/c1-12(2,3)17-11(15)16-8-9-6-5-7-14-10(9)13-4/h5-7H,8H2,1-4H3,(H,13,14). The minimum Gasteiger partial charge on any atom is -0.429 e. The molecule has 1 N–H and O–H groups in total. The summed E-state index contributed by atoms with van der Waals surface area (Å²) >= 11 is 0. The molecule has 0 spiro atoms. The zero-order chi connectivity index (χ0) is 12.9. The van der Waals surface area contributed by atoms with Gasteiger partial charge in [-0.2, -0.15) is 0 Å². The van der Waals surface area contributed by atoms with Gasteiger partial charge in [0.25, 0.3) is 0 Å². The number of carbonyl (C=O) groups is 1. The van der Waals surface area contributed by atoms with Crippen LogP contribution in [0.1, 0.15) is 26.3 Å². The minimum atomic E-state index is -0.677. The molecule has 0 radical (unpaired) electrons. The van der Waals surface area contributed by atoms with Gasteiger partial charge in [-0.25, -0.2) is 9.78 Å². The summed E-state index contributed by atoms with van der Waals surface area (Å²) in [6.45, 7) is 5.50. The number of hydrogen-bond donors (Lipinski definition) is 1. The van der Waals surface area contributed by atoms with Crippen LogP contribution in [-0.4, -0.2) is 23.8 Å². The summed E-state index contributed by atoms with van der Waals surface area (Å²) in [5, 5.41) is 2.92. The van der Waals surface area contributed by atoms with Crippen molar-refractivity contribution in [2.24, 2.45) is 0 Å². The lowest BCUT2D eigenvalue weighted by Gasteiger charge is -2.19. The Hall–Kier alpha value is -1.78. The van der Waals surface area contributed by atoms with E-state index in [0.29, 0.717) is 5.82 Å². The zero-order valence-corrected chi connectivity index (χ0v) is 10.6. The lowest BCUT2D eigenvalue weighted by molar-refractivity contribution is -0.0107. The third-order valence-corrected chi connectivity index (χ3v) is 1.86. The molecule has 0 aliphatic heterocycles. The van der Waals surface area contributed by atoms with E-state index in [9.17, 15) is 4.79 Å². The van der Waals surface area contributed by atoms with Gasteiger partial charge in [0.2, 0.25) is 0 Å². The van der Waals surface area contributed by atoms with Gasteiger partial charge in [0.05, 0.1) is 0 Å². The van der Waals surface area contributed by atoms with E-state index in [1.165, 1.54) is 0 Å². The molecule has 0 aromatic carbocycles. The van der Waals surface area contributed by atoms with Crippen LogP contribution in [0, 0.1) is 0 Å². The van der Waals surface area contributed by atoms with Gasteiger partial charge in [-0.3, -0.25) is 0 Å². The number of ether oxygens (including phenoxy) is 2. The SMILES string of the molecule is CNc1ncccc1COC(=O)OC(C)(C)C. The molecule has 0 bridgehead atoms. The van der Waals surface area contributed by atoms with Crippen LogP contribution in [0.15, 0.2) is 18.3 Å². The highest BCUT2D eigenvalue weighted by Gasteiger charge is 2.17. The first-order valence-corrected chi connectivity index (χ1v) is 5.40. The van der Waals surface area contributed by atoms with Gasteiger partial charge >= 0.3 is 6.16 Å². The molecular weight excluding hydrogens is 220 g/mol. The molecule has 17 heavy (non-hydrogen) atoms. The molecular formula is C12H18N2O3. The fraction of sp³-hybridized carbons (Fsp3) is 0.500. The Bertz CT molecular complexity index is 386. The Labute approximate surface area is 101 Å². The highest BCUT2D eigenvalue weighted by atomic mass is 16.7. The van der Waals surface area contributed by atoms with Crippen LogP contribution in [0.2, 0.25) is 0 Å². The second kappa shape index (κ2) is 5.52. The van der Waals surface area contributed by atoms with Crippen LogP contribution in [0.3, 0.4) is 0 Å². The Kier molecular flexibility index (Phi) is 4.31. The van der Waals surface area contributed by atoms with Crippen LogP contribution in [0.25, 0.3) is 0 Å². The summed E-state index contributed by atoms with van der Waals surface area (Å²) in [5.41, 5.74) is 0.263. The van der Waals surface area contributed by atoms with E-state index in [1.807, 2.05) is 6.07 Å². The van der Waals surface area contributed by atoms with Crippen LogP contribution in [0.4, 0.5) is 10.6 Å². The average molecular weight is 238 g/mol. The molecule has 0 aliphatic rings. The van der Waals surface area contributed by atoms with Gasteiger partial charge < -0.3 is 14.8 Å². The Morgan fingerprint density at radius 2 is 2.18 bits per heavy atom. The largest absolute Gasteiger partial charge is 0.509 e. The first-order valence-electron chi connectivity index (χ1n) is 5.40. The molecule has 5 nitrogen and oxygen atoms in total. The summed E-state index contributed by atoms with van der Waals surface area (Å²) in [5.74, 6) is 0.691. The second-order valence-corrected chi connectivity index (χ2v) is 4.51. The number of rotatable bonds is 3. The van der Waals surface area contributed by atoms with Crippen molar-refractivity contribution in [2.45, 2.75) is 33.0 Å². The van der Waals surface area contributed by atoms with Crippen molar-refractivity contribution in [1.82, 2.24) is 4.98 Å². The summed E-state index contributed by atoms with van der Waals surface area (Å²) in [6, 6.07) is 3.62. The van der Waals surface area contributed by atoms with Crippen molar-refractivity contribution in [1.29, 1.82) is 0 Å². The predicted molar refractivity (Wildman–Crippen MR) is 64.8 cm³/mol. The van der Waals surface area contributed by atoms with E-state index in [1.54, 1.807) is 40.1 Å². The van der Waals surface area contributed by atoms with Gasteiger partial charge in [-0.1, -0.05) is 6.07 Å². The first-order chi connectivity index (χ1) is 7.92. The Balaban J connectivity index is 2.53. The minimum absolute atomic E-state index is 0.138. The highest BCUT2D eigenvalue weighted by molar-refractivity contribution is 5.60. The maximum Gasteiger partial charge on any atom is 0.509 e. The average Bonchev–Trinajstić information content (AvgIpc) is 2.24. The summed E-state index contributed by atoms with van der Waals surface area (Å²) in [4.78, 5) is 15.5. The monoisotopic (exact) mass is 238 g/mol. The van der Waals surface area contributed by atoms with Crippen LogP contribution in [0.5, 0.6) is 0 Å². The van der Waals surface area contributed by atoms with E-state index in [4.69, 9.17) is 9.47 Å². The van der Waals surface area contributed by atoms with Crippen molar-refractivity contribution >= 4 is 12.0 Å². The summed E-state index contributed by atoms with van der Waals surface area (Å²) < 4.78 is 10.0. The van der Waals surface area contributed by atoms with E-state index in [-0.39, 0.29) is 6.61 Å². The van der Waals surface area contributed by atoms with Gasteiger partial charge in [0.1, 0.15) is 18.0 Å². The van der Waals surface area contributed by atoms with Gasteiger partial charge in [0, 0.05) is 18.8 Å². The molecule has 0 aliphatic carbocycles. The molecule has 1 aromatic heterocycles. The van der Waals surface area contributed by atoms with E-state index >= 15 is 0 Å². The molecule has 1 heterocycles. The van der Waals surface area contributed by atoms with Crippen molar-refractivity contribution in [3.63, 3.8) is 0 Å². The van der Waals surface area contributed by atoms with Crippen molar-refractivity contribution in [3.8, 4) is 0 Å². The first kappa shape index (κ1) is 13.3. The fourth-order valence-corrected chi connectivity index (χ4v) is 1.20. The number of nitrogens with one attached hydrogen (secondary N) is 1. The summed E-state index contributed by atoms with van der Waals surface area (Å²) in [6.07, 6.45) is 0.992. The Morgan fingerprint density at radius 3 is 2.76 bits per heavy atom. The molecule has 0 fully saturated rings. The molecule has 94 valence electrons. The lowest BCUT2D eigenvalue weighted by Crippen LogP contribution is -2.24. The molecule has 0 unspecified atom stereocenters. The van der Waals surface area contributed by atoms with Crippen LogP contribution < -0.4 is 5.32 Å². The predicted octanol–water partition coefficient (Wildman–Crippen LogP) is 2.58. The number of anilines is 1. The normalized spacial score (nSPS) is 10.8. The molecule has 1 rings (SSSR count). The second-order valence-electron chi connectivity index (χ2n) is 4.51. The van der Waals surface area contributed by atoms with Gasteiger partial charge in [-0.05, 0) is 26.8 Å². The lowest BCUT2D eigenvalue weighted by atomic mass is 10.2. The maximum atomic E-state index is 11.3. The topological polar surface area (TPSA) is 60.5 Å². The van der Waals surface area contributed by atoms with Crippen molar-refractivity contribution in [3.05, 3.63) is 23.9 Å². The van der Waals surface area contributed by atoms with Gasteiger partial charge in [0.15, 0.2) is 0 Å². The van der Waals surface area contributed by atoms with E-state index in [0.717, 1.165) is 5.56 Å². The quantitative estimate of drug-likeness (QED) is 0.820.